The number of carboxylic acid groups (broad SMARTS) is 1. The van der Waals surface area contributed by atoms with Gasteiger partial charge in [0.15, 0.2) is 0 Å². The van der Waals surface area contributed by atoms with Crippen molar-refractivity contribution in [3.05, 3.63) is 34.1 Å². The normalized spacial score (nSPS) is 19.5. The molecular weight excluding hydrogens is 364 g/mol. The fraction of sp³-hybridized carbons (Fsp3) is 0.632. The summed E-state index contributed by atoms with van der Waals surface area (Å²) < 4.78 is 14.3. The zero-order valence-electron chi connectivity index (χ0n) is 15.3. The lowest BCUT2D eigenvalue weighted by Crippen LogP contribution is -2.64. The molecule has 1 aromatic rings. The number of aryl methyl sites for hydroxylation is 1. The van der Waals surface area contributed by atoms with Crippen LogP contribution in [-0.4, -0.2) is 22.7 Å². The van der Waals surface area contributed by atoms with Gasteiger partial charge in [0.2, 0.25) is 0 Å². The monoisotopic (exact) mass is 391 g/mol. The number of aliphatic carboxylic acids is 1. The molecule has 0 aliphatic heterocycles. The summed E-state index contributed by atoms with van der Waals surface area (Å²) in [6.07, 6.45) is 3.29. The average Bonchev–Trinajstić information content (AvgIpc) is 2.45. The largest absolute Gasteiger partial charge is 0.480 e. The minimum atomic E-state index is -1.02. The summed E-state index contributed by atoms with van der Waals surface area (Å²) >= 11 is 5.93. The van der Waals surface area contributed by atoms with Crippen LogP contribution >= 0.6 is 24.0 Å². The molecule has 2 rings (SSSR count). The van der Waals surface area contributed by atoms with E-state index >= 15 is 0 Å². The first kappa shape index (κ1) is 22.2. The molecule has 1 aliphatic rings. The Hall–Kier alpha value is -0.840. The van der Waals surface area contributed by atoms with E-state index in [0.717, 1.165) is 18.4 Å². The van der Waals surface area contributed by atoms with Crippen LogP contribution in [0.25, 0.3) is 0 Å². The molecule has 2 atom stereocenters. The number of benzene rings is 1. The molecule has 0 unspecified atom stereocenters. The Morgan fingerprint density at radius 2 is 2.04 bits per heavy atom. The lowest BCUT2D eigenvalue weighted by Gasteiger charge is -2.45. The van der Waals surface area contributed by atoms with Crippen LogP contribution in [0, 0.1) is 11.2 Å². The van der Waals surface area contributed by atoms with E-state index < -0.39 is 16.9 Å². The third kappa shape index (κ3) is 4.47. The SMILES string of the molecule is CCC[C@@](N[C@H]1CCc2cc(Cl)cc(F)c2C1)(C(=O)O)C(C)(C)C.Cl. The molecule has 142 valence electrons. The van der Waals surface area contributed by atoms with Crippen molar-refractivity contribution >= 4 is 30.0 Å². The fourth-order valence-electron chi connectivity index (χ4n) is 3.79. The standard InChI is InChI=1S/C19H27ClFNO2.ClH/c1-5-8-19(17(23)24,18(2,3)4)22-14-7-6-12-9-13(20)10-16(21)15(12)11-14;/h9-10,14,22H,5-8,11H2,1-4H3,(H,23,24);1H/t14-,19+;/m0./s1. The van der Waals surface area contributed by atoms with Crippen LogP contribution in [0.2, 0.25) is 5.02 Å². The van der Waals surface area contributed by atoms with Gasteiger partial charge >= 0.3 is 5.97 Å². The van der Waals surface area contributed by atoms with Crippen LogP contribution in [0.3, 0.4) is 0 Å². The van der Waals surface area contributed by atoms with E-state index in [0.29, 0.717) is 29.8 Å². The van der Waals surface area contributed by atoms with Crippen molar-refractivity contribution < 1.29 is 14.3 Å². The van der Waals surface area contributed by atoms with Crippen molar-refractivity contribution in [3.8, 4) is 0 Å². The summed E-state index contributed by atoms with van der Waals surface area (Å²) in [5, 5.41) is 13.8. The Labute approximate surface area is 160 Å². The maximum absolute atomic E-state index is 14.3. The van der Waals surface area contributed by atoms with Gasteiger partial charge in [-0.25, -0.2) is 4.39 Å². The van der Waals surface area contributed by atoms with Gasteiger partial charge in [-0.15, -0.1) is 12.4 Å². The Morgan fingerprint density at radius 1 is 1.40 bits per heavy atom. The number of hydrogen-bond acceptors (Lipinski definition) is 2. The molecule has 6 heteroatoms. The summed E-state index contributed by atoms with van der Waals surface area (Å²) in [7, 11) is 0. The van der Waals surface area contributed by atoms with Gasteiger partial charge in [-0.1, -0.05) is 45.7 Å². The van der Waals surface area contributed by atoms with Crippen LogP contribution in [0.15, 0.2) is 12.1 Å². The van der Waals surface area contributed by atoms with Crippen molar-refractivity contribution in [2.45, 2.75) is 71.4 Å². The molecule has 0 saturated heterocycles. The topological polar surface area (TPSA) is 49.3 Å². The van der Waals surface area contributed by atoms with Crippen molar-refractivity contribution in [2.75, 3.05) is 0 Å². The number of carboxylic acids is 1. The summed E-state index contributed by atoms with van der Waals surface area (Å²) in [5.74, 6) is -1.13. The molecule has 1 aliphatic carbocycles. The van der Waals surface area contributed by atoms with Gasteiger partial charge in [-0.05, 0) is 54.4 Å². The molecule has 0 fully saturated rings. The smallest absolute Gasteiger partial charge is 0.324 e. The van der Waals surface area contributed by atoms with Crippen LogP contribution in [0.4, 0.5) is 4.39 Å². The minimum absolute atomic E-state index is 0. The lowest BCUT2D eigenvalue weighted by atomic mass is 9.69. The molecule has 0 saturated carbocycles. The van der Waals surface area contributed by atoms with Crippen LogP contribution in [0.1, 0.15) is 58.1 Å². The highest BCUT2D eigenvalue weighted by molar-refractivity contribution is 6.30. The van der Waals surface area contributed by atoms with Gasteiger partial charge in [0.25, 0.3) is 0 Å². The first-order valence-corrected chi connectivity index (χ1v) is 8.96. The number of hydrogen-bond donors (Lipinski definition) is 2. The first-order chi connectivity index (χ1) is 11.1. The average molecular weight is 392 g/mol. The molecule has 0 aromatic heterocycles. The number of rotatable bonds is 5. The summed E-state index contributed by atoms with van der Waals surface area (Å²) in [6.45, 7) is 7.83. The predicted octanol–water partition coefficient (Wildman–Crippen LogP) is 5.02. The first-order valence-electron chi connectivity index (χ1n) is 8.58. The molecule has 0 bridgehead atoms. The molecule has 25 heavy (non-hydrogen) atoms. The summed E-state index contributed by atoms with van der Waals surface area (Å²) in [4.78, 5) is 12.1. The fourth-order valence-corrected chi connectivity index (χ4v) is 4.01. The number of fused-ring (bicyclic) bond motifs is 1. The van der Waals surface area contributed by atoms with Crippen LogP contribution < -0.4 is 5.32 Å². The quantitative estimate of drug-likeness (QED) is 0.740. The second kappa shape index (κ2) is 8.24. The third-order valence-electron chi connectivity index (χ3n) is 5.19. The van der Waals surface area contributed by atoms with Crippen molar-refractivity contribution in [3.63, 3.8) is 0 Å². The van der Waals surface area contributed by atoms with Crippen LogP contribution in [0.5, 0.6) is 0 Å². The van der Waals surface area contributed by atoms with E-state index in [-0.39, 0.29) is 24.3 Å². The van der Waals surface area contributed by atoms with Crippen LogP contribution in [-0.2, 0) is 17.6 Å². The maximum atomic E-state index is 14.3. The molecule has 0 radical (unpaired) electrons. The van der Waals surface area contributed by atoms with E-state index in [1.165, 1.54) is 6.07 Å². The van der Waals surface area contributed by atoms with Gasteiger partial charge in [0.1, 0.15) is 11.4 Å². The Morgan fingerprint density at radius 3 is 2.56 bits per heavy atom. The second-order valence-electron chi connectivity index (χ2n) is 7.82. The Kier molecular flexibility index (Phi) is 7.31. The number of carbonyl (C=O) groups is 1. The van der Waals surface area contributed by atoms with E-state index in [1.807, 2.05) is 33.8 Å². The molecule has 0 heterocycles. The van der Waals surface area contributed by atoms with Gasteiger partial charge in [-0.2, -0.15) is 0 Å². The molecule has 0 amide bonds. The Bertz CT molecular complexity index is 631. The van der Waals surface area contributed by atoms with E-state index in [4.69, 9.17) is 11.6 Å². The van der Waals surface area contributed by atoms with Crippen molar-refractivity contribution in [1.82, 2.24) is 5.32 Å². The molecule has 1 aromatic carbocycles. The van der Waals surface area contributed by atoms with E-state index in [2.05, 4.69) is 5.32 Å². The zero-order valence-corrected chi connectivity index (χ0v) is 16.9. The predicted molar refractivity (Wildman–Crippen MR) is 102 cm³/mol. The molecule has 0 spiro atoms. The van der Waals surface area contributed by atoms with Crippen molar-refractivity contribution in [2.24, 2.45) is 5.41 Å². The summed E-state index contributed by atoms with van der Waals surface area (Å²) in [6, 6.07) is 3.09. The number of halogens is 3. The third-order valence-corrected chi connectivity index (χ3v) is 5.40. The highest BCUT2D eigenvalue weighted by Crippen LogP contribution is 2.37. The van der Waals surface area contributed by atoms with Crippen molar-refractivity contribution in [1.29, 1.82) is 0 Å². The van der Waals surface area contributed by atoms with Gasteiger partial charge in [0.05, 0.1) is 0 Å². The maximum Gasteiger partial charge on any atom is 0.324 e. The Balaban J connectivity index is 0.00000312. The van der Waals surface area contributed by atoms with Gasteiger partial charge < -0.3 is 5.11 Å². The molecular formula is C19H28Cl2FNO2. The van der Waals surface area contributed by atoms with E-state index in [1.54, 1.807) is 0 Å². The lowest BCUT2D eigenvalue weighted by molar-refractivity contribution is -0.151. The molecule has 2 N–H and O–H groups in total. The second-order valence-corrected chi connectivity index (χ2v) is 8.26. The highest BCUT2D eigenvalue weighted by Gasteiger charge is 2.49. The highest BCUT2D eigenvalue weighted by atomic mass is 35.5. The minimum Gasteiger partial charge on any atom is -0.480 e. The zero-order chi connectivity index (χ0) is 18.1. The summed E-state index contributed by atoms with van der Waals surface area (Å²) in [5.41, 5.74) is 0.124. The number of nitrogens with one attached hydrogen (secondary N) is 1. The van der Waals surface area contributed by atoms with Gasteiger partial charge in [-0.3, -0.25) is 10.1 Å². The van der Waals surface area contributed by atoms with E-state index in [9.17, 15) is 14.3 Å². The molecule has 3 nitrogen and oxygen atoms in total. The van der Waals surface area contributed by atoms with Gasteiger partial charge in [0, 0.05) is 11.1 Å².